The summed E-state index contributed by atoms with van der Waals surface area (Å²) in [6.07, 6.45) is 6.21. The van der Waals surface area contributed by atoms with Crippen LogP contribution in [0.4, 0.5) is 5.69 Å². The molecule has 1 fully saturated rings. The van der Waals surface area contributed by atoms with Crippen molar-refractivity contribution in [3.05, 3.63) is 24.0 Å². The Hall–Kier alpha value is -1.13. The number of anilines is 1. The topological polar surface area (TPSA) is 45.4 Å². The second kappa shape index (κ2) is 6.16. The number of pyridine rings is 1. The van der Waals surface area contributed by atoms with Gasteiger partial charge in [0.25, 0.3) is 0 Å². The van der Waals surface area contributed by atoms with Crippen LogP contribution in [0.1, 0.15) is 25.3 Å². The number of piperidine rings is 1. The lowest BCUT2D eigenvalue weighted by Crippen LogP contribution is -2.43. The van der Waals surface area contributed by atoms with E-state index in [4.69, 9.17) is 5.73 Å². The first-order valence-corrected chi connectivity index (χ1v) is 6.84. The monoisotopic (exact) mass is 248 g/mol. The van der Waals surface area contributed by atoms with Gasteiger partial charge in [0, 0.05) is 38.9 Å². The van der Waals surface area contributed by atoms with Crippen LogP contribution in [0.2, 0.25) is 0 Å². The van der Waals surface area contributed by atoms with Crippen molar-refractivity contribution in [3.63, 3.8) is 0 Å². The molecule has 2 heterocycles. The lowest BCUT2D eigenvalue weighted by Gasteiger charge is -2.38. The van der Waals surface area contributed by atoms with Gasteiger partial charge in [0.15, 0.2) is 0 Å². The Morgan fingerprint density at radius 1 is 1.44 bits per heavy atom. The molecule has 0 spiro atoms. The highest BCUT2D eigenvalue weighted by Gasteiger charge is 2.22. The van der Waals surface area contributed by atoms with Crippen LogP contribution < -0.4 is 10.6 Å². The van der Waals surface area contributed by atoms with Crippen LogP contribution in [0.5, 0.6) is 0 Å². The molecule has 0 amide bonds. The first-order valence-electron chi connectivity index (χ1n) is 6.84. The van der Waals surface area contributed by atoms with E-state index in [2.05, 4.69) is 28.8 Å². The SMILES string of the molecule is CCN1CCC(N(C)c2cnccc2CN)CC1. The summed E-state index contributed by atoms with van der Waals surface area (Å²) in [5.74, 6) is 0. The number of nitrogens with two attached hydrogens (primary N) is 1. The molecule has 1 aliphatic rings. The molecule has 0 saturated carbocycles. The third-order valence-corrected chi connectivity index (χ3v) is 4.04. The van der Waals surface area contributed by atoms with Crippen molar-refractivity contribution >= 4 is 5.69 Å². The Morgan fingerprint density at radius 3 is 2.78 bits per heavy atom. The van der Waals surface area contributed by atoms with Crippen LogP contribution >= 0.6 is 0 Å². The smallest absolute Gasteiger partial charge is 0.0598 e. The number of hydrogen-bond donors (Lipinski definition) is 1. The lowest BCUT2D eigenvalue weighted by molar-refractivity contribution is 0.220. The van der Waals surface area contributed by atoms with Gasteiger partial charge < -0.3 is 15.5 Å². The van der Waals surface area contributed by atoms with Gasteiger partial charge in [-0.05, 0) is 31.0 Å². The summed E-state index contributed by atoms with van der Waals surface area (Å²) in [6, 6.07) is 2.63. The van der Waals surface area contributed by atoms with Gasteiger partial charge in [0.05, 0.1) is 11.9 Å². The lowest BCUT2D eigenvalue weighted by atomic mass is 10.0. The predicted molar refractivity (Wildman–Crippen MR) is 75.7 cm³/mol. The molecule has 1 aromatic rings. The summed E-state index contributed by atoms with van der Waals surface area (Å²) in [4.78, 5) is 9.11. The molecular formula is C14H24N4. The molecule has 1 aromatic heterocycles. The van der Waals surface area contributed by atoms with Crippen LogP contribution in [0, 0.1) is 0 Å². The number of hydrogen-bond acceptors (Lipinski definition) is 4. The number of likely N-dealkylation sites (tertiary alicyclic amines) is 1. The summed E-state index contributed by atoms with van der Waals surface area (Å²) in [5, 5.41) is 0. The van der Waals surface area contributed by atoms with Crippen LogP contribution in [0.15, 0.2) is 18.5 Å². The van der Waals surface area contributed by atoms with Crippen molar-refractivity contribution in [3.8, 4) is 0 Å². The first-order chi connectivity index (χ1) is 8.76. The average Bonchev–Trinajstić information content (AvgIpc) is 2.46. The van der Waals surface area contributed by atoms with Crippen molar-refractivity contribution in [2.24, 2.45) is 5.73 Å². The van der Waals surface area contributed by atoms with E-state index >= 15 is 0 Å². The number of aromatic nitrogens is 1. The Bertz CT molecular complexity index is 372. The summed E-state index contributed by atoms with van der Waals surface area (Å²) in [5.41, 5.74) is 8.17. The summed E-state index contributed by atoms with van der Waals surface area (Å²) >= 11 is 0. The minimum atomic E-state index is 0.579. The zero-order chi connectivity index (χ0) is 13.0. The minimum Gasteiger partial charge on any atom is -0.370 e. The Morgan fingerprint density at radius 2 is 2.17 bits per heavy atom. The molecule has 0 unspecified atom stereocenters. The fourth-order valence-electron chi connectivity index (χ4n) is 2.72. The molecular weight excluding hydrogens is 224 g/mol. The third-order valence-electron chi connectivity index (χ3n) is 4.04. The standard InChI is InChI=1S/C14H24N4/c1-3-18-8-5-13(6-9-18)17(2)14-11-16-7-4-12(14)10-15/h4,7,11,13H,3,5-6,8-10,15H2,1-2H3. The second-order valence-corrected chi connectivity index (χ2v) is 4.98. The molecule has 0 bridgehead atoms. The van der Waals surface area contributed by atoms with Gasteiger partial charge in [0.2, 0.25) is 0 Å². The first kappa shape index (κ1) is 13.3. The van der Waals surface area contributed by atoms with Crippen molar-refractivity contribution in [1.82, 2.24) is 9.88 Å². The van der Waals surface area contributed by atoms with Gasteiger partial charge in [-0.3, -0.25) is 4.98 Å². The highest BCUT2D eigenvalue weighted by molar-refractivity contribution is 5.51. The molecule has 100 valence electrons. The molecule has 18 heavy (non-hydrogen) atoms. The maximum atomic E-state index is 5.80. The van der Waals surface area contributed by atoms with Crippen molar-refractivity contribution in [2.45, 2.75) is 32.4 Å². The van der Waals surface area contributed by atoms with Crippen LogP contribution in [-0.4, -0.2) is 42.6 Å². The average molecular weight is 248 g/mol. The normalized spacial score (nSPS) is 17.9. The van der Waals surface area contributed by atoms with E-state index in [0.717, 1.165) is 6.54 Å². The summed E-state index contributed by atoms with van der Waals surface area (Å²) in [6.45, 7) is 6.37. The van der Waals surface area contributed by atoms with E-state index in [0.29, 0.717) is 12.6 Å². The van der Waals surface area contributed by atoms with Gasteiger partial charge in [-0.15, -0.1) is 0 Å². The highest BCUT2D eigenvalue weighted by Crippen LogP contribution is 2.24. The third kappa shape index (κ3) is 2.82. The Balaban J connectivity index is 2.05. The molecule has 0 radical (unpaired) electrons. The van der Waals surface area contributed by atoms with Gasteiger partial charge in [-0.25, -0.2) is 0 Å². The molecule has 4 nitrogen and oxygen atoms in total. The van der Waals surface area contributed by atoms with Crippen LogP contribution in [-0.2, 0) is 6.54 Å². The van der Waals surface area contributed by atoms with Crippen molar-refractivity contribution in [2.75, 3.05) is 31.6 Å². The molecule has 0 atom stereocenters. The number of nitrogens with zero attached hydrogens (tertiary/aromatic N) is 3. The second-order valence-electron chi connectivity index (χ2n) is 4.98. The van der Waals surface area contributed by atoms with E-state index in [9.17, 15) is 0 Å². The maximum absolute atomic E-state index is 5.80. The number of rotatable bonds is 4. The summed E-state index contributed by atoms with van der Waals surface area (Å²) < 4.78 is 0. The van der Waals surface area contributed by atoms with Gasteiger partial charge >= 0.3 is 0 Å². The van der Waals surface area contributed by atoms with E-state index in [1.54, 1.807) is 0 Å². The molecule has 1 aliphatic heterocycles. The largest absolute Gasteiger partial charge is 0.370 e. The Kier molecular flexibility index (Phi) is 4.55. The predicted octanol–water partition coefficient (Wildman–Crippen LogP) is 1.46. The molecule has 2 rings (SSSR count). The fourth-order valence-corrected chi connectivity index (χ4v) is 2.72. The zero-order valence-corrected chi connectivity index (χ0v) is 11.5. The van der Waals surface area contributed by atoms with Gasteiger partial charge in [-0.1, -0.05) is 6.92 Å². The van der Waals surface area contributed by atoms with E-state index in [1.165, 1.54) is 37.2 Å². The highest BCUT2D eigenvalue weighted by atomic mass is 15.2. The fraction of sp³-hybridized carbons (Fsp3) is 0.643. The van der Waals surface area contributed by atoms with Gasteiger partial charge in [0.1, 0.15) is 0 Å². The summed E-state index contributed by atoms with van der Waals surface area (Å²) in [7, 11) is 2.17. The molecule has 2 N–H and O–H groups in total. The van der Waals surface area contributed by atoms with E-state index in [1.807, 2.05) is 18.5 Å². The van der Waals surface area contributed by atoms with Crippen LogP contribution in [0.25, 0.3) is 0 Å². The van der Waals surface area contributed by atoms with Crippen LogP contribution in [0.3, 0.4) is 0 Å². The molecule has 0 aromatic carbocycles. The van der Waals surface area contributed by atoms with E-state index < -0.39 is 0 Å². The molecule has 1 saturated heterocycles. The zero-order valence-electron chi connectivity index (χ0n) is 11.5. The maximum Gasteiger partial charge on any atom is 0.0598 e. The van der Waals surface area contributed by atoms with E-state index in [-0.39, 0.29) is 0 Å². The quantitative estimate of drug-likeness (QED) is 0.876. The molecule has 0 aliphatic carbocycles. The minimum absolute atomic E-state index is 0.579. The molecule has 4 heteroatoms. The van der Waals surface area contributed by atoms with Crippen molar-refractivity contribution < 1.29 is 0 Å². The Labute approximate surface area is 110 Å². The van der Waals surface area contributed by atoms with Crippen molar-refractivity contribution in [1.29, 1.82) is 0 Å². The van der Waals surface area contributed by atoms with Gasteiger partial charge in [-0.2, -0.15) is 0 Å².